The summed E-state index contributed by atoms with van der Waals surface area (Å²) in [6.07, 6.45) is 0.796. The first-order valence-corrected chi connectivity index (χ1v) is 5.71. The molecule has 6 nitrogen and oxygen atoms in total. The van der Waals surface area contributed by atoms with E-state index in [9.17, 15) is 9.59 Å². The van der Waals surface area contributed by atoms with E-state index in [-0.39, 0.29) is 11.9 Å². The van der Waals surface area contributed by atoms with Crippen LogP contribution in [0, 0.1) is 0 Å². The van der Waals surface area contributed by atoms with E-state index in [2.05, 4.69) is 20.5 Å². The molecular formula is C12H14N4O2. The van der Waals surface area contributed by atoms with Crippen molar-refractivity contribution in [1.29, 1.82) is 0 Å². The number of benzene rings is 1. The molecule has 6 heteroatoms. The molecule has 0 aliphatic carbocycles. The maximum Gasteiger partial charge on any atom is 0.342 e. The number of aromatic amines is 2. The highest BCUT2D eigenvalue weighted by molar-refractivity contribution is 5.34. The van der Waals surface area contributed by atoms with Crippen molar-refractivity contribution in [1.82, 2.24) is 15.2 Å². The third-order valence-corrected chi connectivity index (χ3v) is 2.63. The lowest BCUT2D eigenvalue weighted by Gasteiger charge is -2.16. The molecule has 0 spiro atoms. The average Bonchev–Trinajstić information content (AvgIpc) is 2.39. The lowest BCUT2D eigenvalue weighted by Crippen LogP contribution is -2.28. The molecule has 0 fully saturated rings. The number of anilines is 1. The molecule has 0 aliphatic rings. The summed E-state index contributed by atoms with van der Waals surface area (Å²) in [5, 5.41) is 8.91. The second kappa shape index (κ2) is 5.31. The van der Waals surface area contributed by atoms with Gasteiger partial charge in [0.05, 0.1) is 6.04 Å². The van der Waals surface area contributed by atoms with Gasteiger partial charge in [-0.05, 0) is 12.0 Å². The molecule has 0 radical (unpaired) electrons. The van der Waals surface area contributed by atoms with E-state index in [0.29, 0.717) is 0 Å². The Kier molecular flexibility index (Phi) is 3.57. The smallest absolute Gasteiger partial charge is 0.342 e. The molecule has 0 saturated heterocycles. The zero-order valence-corrected chi connectivity index (χ0v) is 9.93. The van der Waals surface area contributed by atoms with Crippen LogP contribution in [0.3, 0.4) is 0 Å². The van der Waals surface area contributed by atoms with Crippen LogP contribution < -0.4 is 16.6 Å². The van der Waals surface area contributed by atoms with Crippen LogP contribution in [0.1, 0.15) is 24.9 Å². The molecule has 1 aromatic carbocycles. The van der Waals surface area contributed by atoms with Crippen LogP contribution in [-0.4, -0.2) is 15.2 Å². The van der Waals surface area contributed by atoms with Gasteiger partial charge in [0.2, 0.25) is 5.82 Å². The van der Waals surface area contributed by atoms with Crippen LogP contribution in [0.2, 0.25) is 0 Å². The number of aromatic nitrogens is 3. The van der Waals surface area contributed by atoms with Crippen LogP contribution in [0.4, 0.5) is 5.82 Å². The van der Waals surface area contributed by atoms with E-state index in [0.717, 1.165) is 12.0 Å². The first-order valence-electron chi connectivity index (χ1n) is 5.71. The van der Waals surface area contributed by atoms with Gasteiger partial charge in [-0.25, -0.2) is 9.89 Å². The number of rotatable bonds is 4. The standard InChI is InChI=1S/C12H14N4O2/c1-2-9(8-6-4-3-5-7-8)13-10-11(17)14-12(18)16-15-10/h3-7,9H,2H2,1H3,(H,13,15)(H2,14,16,17,18). The zero-order valence-electron chi connectivity index (χ0n) is 9.93. The Morgan fingerprint density at radius 3 is 2.61 bits per heavy atom. The third-order valence-electron chi connectivity index (χ3n) is 2.63. The molecular weight excluding hydrogens is 232 g/mol. The molecule has 1 aromatic heterocycles. The van der Waals surface area contributed by atoms with Crippen molar-refractivity contribution in [2.45, 2.75) is 19.4 Å². The van der Waals surface area contributed by atoms with Crippen LogP contribution in [0.5, 0.6) is 0 Å². The number of hydrogen-bond donors (Lipinski definition) is 3. The predicted molar refractivity (Wildman–Crippen MR) is 68.6 cm³/mol. The van der Waals surface area contributed by atoms with Crippen LogP contribution in [0.15, 0.2) is 39.9 Å². The fourth-order valence-corrected chi connectivity index (χ4v) is 1.72. The number of nitrogens with one attached hydrogen (secondary N) is 3. The highest BCUT2D eigenvalue weighted by Gasteiger charge is 2.11. The molecule has 2 rings (SSSR count). The van der Waals surface area contributed by atoms with E-state index >= 15 is 0 Å². The summed E-state index contributed by atoms with van der Waals surface area (Å²) in [6, 6.07) is 9.73. The maximum atomic E-state index is 11.5. The topological polar surface area (TPSA) is 90.6 Å². The Morgan fingerprint density at radius 1 is 1.28 bits per heavy atom. The van der Waals surface area contributed by atoms with Crippen LogP contribution in [-0.2, 0) is 0 Å². The van der Waals surface area contributed by atoms with Gasteiger partial charge in [-0.15, -0.1) is 5.10 Å². The van der Waals surface area contributed by atoms with Crippen LogP contribution >= 0.6 is 0 Å². The van der Waals surface area contributed by atoms with E-state index in [4.69, 9.17) is 0 Å². The first-order chi connectivity index (χ1) is 8.70. The molecule has 1 heterocycles. The molecule has 0 aliphatic heterocycles. The SMILES string of the molecule is CCC(Nc1n[nH]c(=O)[nH]c1=O)c1ccccc1. The molecule has 1 atom stereocenters. The summed E-state index contributed by atoms with van der Waals surface area (Å²) < 4.78 is 0. The third kappa shape index (κ3) is 2.65. The van der Waals surface area contributed by atoms with Gasteiger partial charge < -0.3 is 5.32 Å². The summed E-state index contributed by atoms with van der Waals surface area (Å²) in [6.45, 7) is 2.00. The van der Waals surface area contributed by atoms with Gasteiger partial charge in [-0.1, -0.05) is 37.3 Å². The summed E-state index contributed by atoms with van der Waals surface area (Å²) in [4.78, 5) is 24.5. The van der Waals surface area contributed by atoms with Crippen molar-refractivity contribution in [3.8, 4) is 0 Å². The Balaban J connectivity index is 2.26. The monoisotopic (exact) mass is 246 g/mol. The zero-order chi connectivity index (χ0) is 13.0. The molecule has 2 aromatic rings. The maximum absolute atomic E-state index is 11.5. The Labute approximate surface area is 103 Å². The van der Waals surface area contributed by atoms with Gasteiger partial charge in [0.15, 0.2) is 0 Å². The largest absolute Gasteiger partial charge is 0.357 e. The molecule has 0 bridgehead atoms. The van der Waals surface area contributed by atoms with Crippen molar-refractivity contribution in [3.63, 3.8) is 0 Å². The quantitative estimate of drug-likeness (QED) is 0.751. The molecule has 0 amide bonds. The van der Waals surface area contributed by atoms with Gasteiger partial charge in [-0.2, -0.15) is 0 Å². The first kappa shape index (κ1) is 12.1. The van der Waals surface area contributed by atoms with Gasteiger partial charge in [0.1, 0.15) is 0 Å². The highest BCUT2D eigenvalue weighted by atomic mass is 16.2. The second-order valence-corrected chi connectivity index (χ2v) is 3.87. The van der Waals surface area contributed by atoms with Crippen molar-refractivity contribution >= 4 is 5.82 Å². The lowest BCUT2D eigenvalue weighted by atomic mass is 10.1. The number of hydrogen-bond acceptors (Lipinski definition) is 4. The molecule has 1 unspecified atom stereocenters. The minimum atomic E-state index is -0.613. The average molecular weight is 246 g/mol. The lowest BCUT2D eigenvalue weighted by molar-refractivity contribution is 0.732. The second-order valence-electron chi connectivity index (χ2n) is 3.87. The van der Waals surface area contributed by atoms with Gasteiger partial charge in [0.25, 0.3) is 5.56 Å². The van der Waals surface area contributed by atoms with Gasteiger partial charge in [-0.3, -0.25) is 9.78 Å². The summed E-state index contributed by atoms with van der Waals surface area (Å²) >= 11 is 0. The fraction of sp³-hybridized carbons (Fsp3) is 0.250. The minimum Gasteiger partial charge on any atom is -0.357 e. The Bertz CT molecular complexity index is 618. The van der Waals surface area contributed by atoms with Gasteiger partial charge >= 0.3 is 5.69 Å². The Morgan fingerprint density at radius 2 is 2.00 bits per heavy atom. The number of H-pyrrole nitrogens is 2. The fourth-order valence-electron chi connectivity index (χ4n) is 1.72. The van der Waals surface area contributed by atoms with Crippen LogP contribution in [0.25, 0.3) is 0 Å². The van der Waals surface area contributed by atoms with Crippen molar-refractivity contribution < 1.29 is 0 Å². The predicted octanol–water partition coefficient (Wildman–Crippen LogP) is 1.02. The van der Waals surface area contributed by atoms with Crippen molar-refractivity contribution in [3.05, 3.63) is 56.7 Å². The van der Waals surface area contributed by atoms with Crippen molar-refractivity contribution in [2.24, 2.45) is 0 Å². The molecule has 94 valence electrons. The summed E-state index contributed by atoms with van der Waals surface area (Å²) in [5.41, 5.74) is -0.0705. The Hall–Kier alpha value is -2.37. The molecule has 18 heavy (non-hydrogen) atoms. The normalized spacial score (nSPS) is 12.1. The number of nitrogens with zero attached hydrogens (tertiary/aromatic N) is 1. The highest BCUT2D eigenvalue weighted by Crippen LogP contribution is 2.18. The molecule has 0 saturated carbocycles. The minimum absolute atomic E-state index is 0.0225. The van der Waals surface area contributed by atoms with E-state index in [1.54, 1.807) is 0 Å². The van der Waals surface area contributed by atoms with E-state index in [1.807, 2.05) is 37.3 Å². The van der Waals surface area contributed by atoms with E-state index < -0.39 is 11.2 Å². The molecule has 3 N–H and O–H groups in total. The van der Waals surface area contributed by atoms with Gasteiger partial charge in [0, 0.05) is 0 Å². The van der Waals surface area contributed by atoms with E-state index in [1.165, 1.54) is 0 Å². The summed E-state index contributed by atoms with van der Waals surface area (Å²) in [7, 11) is 0. The summed E-state index contributed by atoms with van der Waals surface area (Å²) in [5.74, 6) is 0.116. The van der Waals surface area contributed by atoms with Crippen molar-refractivity contribution in [2.75, 3.05) is 5.32 Å².